The van der Waals surface area contributed by atoms with Gasteiger partial charge in [-0.3, -0.25) is 0 Å². The van der Waals surface area contributed by atoms with Gasteiger partial charge in [-0.25, -0.2) is 4.79 Å². The first-order valence-corrected chi connectivity index (χ1v) is 5.01. The van der Waals surface area contributed by atoms with Crippen molar-refractivity contribution in [3.05, 3.63) is 47.3 Å². The molecule has 16 heavy (non-hydrogen) atoms. The van der Waals surface area contributed by atoms with Crippen molar-refractivity contribution in [2.45, 2.75) is 6.92 Å². The smallest absolute Gasteiger partial charge is 0.338 e. The molecule has 1 aromatic heterocycles. The van der Waals surface area contributed by atoms with E-state index in [2.05, 4.69) is 0 Å². The summed E-state index contributed by atoms with van der Waals surface area (Å²) in [5, 5.41) is 12.3. The number of ether oxygens (including phenoxy) is 1. The number of hydrogen-bond donors (Lipinski definition) is 0. The van der Waals surface area contributed by atoms with Crippen LogP contribution in [0.15, 0.2) is 36.5 Å². The lowest BCUT2D eigenvalue weighted by Gasteiger charge is -2.04. The van der Waals surface area contributed by atoms with Gasteiger partial charge < -0.3 is 9.94 Å². The molecule has 0 fully saturated rings. The van der Waals surface area contributed by atoms with Gasteiger partial charge in [0.15, 0.2) is 6.20 Å². The number of hydrogen-bond acceptors (Lipinski definition) is 3. The van der Waals surface area contributed by atoms with E-state index in [0.29, 0.717) is 17.7 Å². The van der Waals surface area contributed by atoms with Gasteiger partial charge >= 0.3 is 5.97 Å². The Hall–Kier alpha value is -2.10. The topological polar surface area (TPSA) is 53.2 Å². The highest BCUT2D eigenvalue weighted by molar-refractivity contribution is 5.93. The number of carbonyl (C=O) groups excluding carboxylic acids is 1. The van der Waals surface area contributed by atoms with Crippen molar-refractivity contribution in [1.29, 1.82) is 0 Å². The zero-order chi connectivity index (χ0) is 11.5. The molecule has 0 saturated heterocycles. The molecular formula is C12H11NO3. The average Bonchev–Trinajstić information content (AvgIpc) is 2.29. The second-order valence-corrected chi connectivity index (χ2v) is 3.33. The first kappa shape index (κ1) is 10.4. The maximum absolute atomic E-state index is 11.5. The summed E-state index contributed by atoms with van der Waals surface area (Å²) in [7, 11) is 0. The third-order valence-electron chi connectivity index (χ3n) is 2.28. The van der Waals surface area contributed by atoms with E-state index in [0.717, 1.165) is 10.1 Å². The molecule has 0 spiro atoms. The number of nitrogens with zero attached hydrogens (tertiary/aromatic N) is 1. The molecule has 0 aliphatic rings. The van der Waals surface area contributed by atoms with E-state index >= 15 is 0 Å². The van der Waals surface area contributed by atoms with Gasteiger partial charge in [-0.2, -0.15) is 4.73 Å². The van der Waals surface area contributed by atoms with Gasteiger partial charge in [0.05, 0.1) is 12.2 Å². The van der Waals surface area contributed by atoms with E-state index in [-0.39, 0.29) is 0 Å². The second-order valence-electron chi connectivity index (χ2n) is 3.33. The van der Waals surface area contributed by atoms with Gasteiger partial charge in [-0.15, -0.1) is 0 Å². The molecule has 1 aromatic carbocycles. The lowest BCUT2D eigenvalue weighted by molar-refractivity contribution is -0.577. The maximum atomic E-state index is 11.5. The summed E-state index contributed by atoms with van der Waals surface area (Å²) >= 11 is 0. The van der Waals surface area contributed by atoms with Gasteiger partial charge in [0.2, 0.25) is 5.52 Å². The van der Waals surface area contributed by atoms with E-state index in [1.807, 2.05) is 6.07 Å². The van der Waals surface area contributed by atoms with Crippen molar-refractivity contribution < 1.29 is 14.3 Å². The second kappa shape index (κ2) is 4.18. The van der Waals surface area contributed by atoms with Crippen LogP contribution >= 0.6 is 0 Å². The van der Waals surface area contributed by atoms with Crippen LogP contribution in [0.5, 0.6) is 0 Å². The Bertz CT molecular complexity index is 537. The van der Waals surface area contributed by atoms with Crippen LogP contribution in [0, 0.1) is 5.21 Å². The van der Waals surface area contributed by atoms with Crippen LogP contribution in [0.1, 0.15) is 17.3 Å². The van der Waals surface area contributed by atoms with E-state index in [9.17, 15) is 10.0 Å². The van der Waals surface area contributed by atoms with E-state index in [1.54, 1.807) is 31.2 Å². The lowest BCUT2D eigenvalue weighted by Crippen LogP contribution is -2.26. The number of fused-ring (bicyclic) bond motifs is 1. The van der Waals surface area contributed by atoms with Crippen molar-refractivity contribution in [3.63, 3.8) is 0 Å². The van der Waals surface area contributed by atoms with Crippen LogP contribution in [-0.2, 0) is 4.74 Å². The summed E-state index contributed by atoms with van der Waals surface area (Å²) < 4.78 is 5.60. The minimum absolute atomic E-state index is 0.322. The summed E-state index contributed by atoms with van der Waals surface area (Å²) in [6.07, 6.45) is 1.40. The summed E-state index contributed by atoms with van der Waals surface area (Å²) in [6, 6.07) is 8.41. The number of aromatic nitrogens is 1. The summed E-state index contributed by atoms with van der Waals surface area (Å²) in [4.78, 5) is 11.5. The van der Waals surface area contributed by atoms with Crippen molar-refractivity contribution in [3.8, 4) is 0 Å². The number of esters is 1. The van der Waals surface area contributed by atoms with Gasteiger partial charge in [0.1, 0.15) is 0 Å². The molecule has 2 rings (SSSR count). The Morgan fingerprint density at radius 2 is 2.25 bits per heavy atom. The predicted molar refractivity (Wildman–Crippen MR) is 58.9 cm³/mol. The normalized spacial score (nSPS) is 10.3. The van der Waals surface area contributed by atoms with Crippen molar-refractivity contribution >= 4 is 16.9 Å². The highest BCUT2D eigenvalue weighted by atomic mass is 16.5. The first-order valence-electron chi connectivity index (χ1n) is 5.01. The molecular weight excluding hydrogens is 206 g/mol. The standard InChI is InChI=1S/C12H11NO3/c1-2-16-12(14)10-6-5-9-4-3-7-13(15)11(9)8-10/h3-8H,2H2,1H3. The molecule has 0 radical (unpaired) electrons. The molecule has 4 nitrogen and oxygen atoms in total. The average molecular weight is 217 g/mol. The maximum Gasteiger partial charge on any atom is 0.338 e. The fourth-order valence-electron chi connectivity index (χ4n) is 1.52. The van der Waals surface area contributed by atoms with Gasteiger partial charge in [-0.1, -0.05) is 0 Å². The third kappa shape index (κ3) is 1.82. The molecule has 0 aliphatic carbocycles. The number of rotatable bonds is 2. The van der Waals surface area contributed by atoms with Crippen LogP contribution < -0.4 is 4.73 Å². The summed E-state index contributed by atoms with van der Waals surface area (Å²) in [6.45, 7) is 2.07. The van der Waals surface area contributed by atoms with Crippen LogP contribution in [0.3, 0.4) is 0 Å². The van der Waals surface area contributed by atoms with Crippen LogP contribution in [0.25, 0.3) is 10.9 Å². The third-order valence-corrected chi connectivity index (χ3v) is 2.28. The van der Waals surface area contributed by atoms with Crippen LogP contribution in [0.2, 0.25) is 0 Å². The Balaban J connectivity index is 2.51. The quantitative estimate of drug-likeness (QED) is 0.436. The number of pyridine rings is 1. The van der Waals surface area contributed by atoms with E-state index in [1.165, 1.54) is 6.20 Å². The zero-order valence-corrected chi connectivity index (χ0v) is 8.84. The van der Waals surface area contributed by atoms with Gasteiger partial charge in [0, 0.05) is 17.5 Å². The summed E-state index contributed by atoms with van der Waals surface area (Å²) in [5.74, 6) is -0.409. The predicted octanol–water partition coefficient (Wildman–Crippen LogP) is 1.65. The van der Waals surface area contributed by atoms with Crippen molar-refractivity contribution in [2.75, 3.05) is 6.61 Å². The highest BCUT2D eigenvalue weighted by Crippen LogP contribution is 2.12. The molecule has 0 unspecified atom stereocenters. The molecule has 82 valence electrons. The first-order chi connectivity index (χ1) is 7.72. The molecule has 0 aliphatic heterocycles. The SMILES string of the molecule is CCOC(=O)c1ccc2ccc[n+]([O-])c2c1. The molecule has 4 heteroatoms. The largest absolute Gasteiger partial charge is 0.618 e. The Kier molecular flexibility index (Phi) is 2.72. The molecule has 1 heterocycles. The van der Waals surface area contributed by atoms with Crippen LogP contribution in [-0.4, -0.2) is 12.6 Å². The van der Waals surface area contributed by atoms with Crippen LogP contribution in [0.4, 0.5) is 0 Å². The summed E-state index contributed by atoms with van der Waals surface area (Å²) in [5.41, 5.74) is 0.859. The zero-order valence-electron chi connectivity index (χ0n) is 8.84. The number of carbonyl (C=O) groups is 1. The Morgan fingerprint density at radius 3 is 3.00 bits per heavy atom. The van der Waals surface area contributed by atoms with Crippen molar-refractivity contribution in [2.24, 2.45) is 0 Å². The molecule has 0 bridgehead atoms. The lowest BCUT2D eigenvalue weighted by atomic mass is 10.1. The minimum Gasteiger partial charge on any atom is -0.618 e. The molecule has 2 aromatic rings. The van der Waals surface area contributed by atoms with Gasteiger partial charge in [0.25, 0.3) is 0 Å². The fourth-order valence-corrected chi connectivity index (χ4v) is 1.52. The van der Waals surface area contributed by atoms with E-state index in [4.69, 9.17) is 4.74 Å². The molecule has 0 amide bonds. The molecule has 0 atom stereocenters. The fraction of sp³-hybridized carbons (Fsp3) is 0.167. The molecule has 0 saturated carbocycles. The van der Waals surface area contributed by atoms with Crippen molar-refractivity contribution in [1.82, 2.24) is 0 Å². The molecule has 0 N–H and O–H groups in total. The monoisotopic (exact) mass is 217 g/mol. The Labute approximate surface area is 92.7 Å². The van der Waals surface area contributed by atoms with E-state index < -0.39 is 5.97 Å². The minimum atomic E-state index is -0.409. The number of benzene rings is 1. The highest BCUT2D eigenvalue weighted by Gasteiger charge is 2.10. The van der Waals surface area contributed by atoms with Gasteiger partial charge in [-0.05, 0) is 25.1 Å². The Morgan fingerprint density at radius 1 is 1.44 bits per heavy atom.